The molecule has 7 heteroatoms. The maximum absolute atomic E-state index is 11.4. The van der Waals surface area contributed by atoms with Gasteiger partial charge in [0.1, 0.15) is 0 Å². The Labute approximate surface area is 121 Å². The van der Waals surface area contributed by atoms with Gasteiger partial charge in [0.25, 0.3) is 0 Å². The van der Waals surface area contributed by atoms with E-state index in [1.165, 1.54) is 12.1 Å². The summed E-state index contributed by atoms with van der Waals surface area (Å²) in [5, 5.41) is 10.6. The molecule has 0 spiro atoms. The van der Waals surface area contributed by atoms with Crippen LogP contribution in [0.3, 0.4) is 0 Å². The van der Waals surface area contributed by atoms with Gasteiger partial charge in [-0.2, -0.15) is 0 Å². The van der Waals surface area contributed by atoms with Crippen molar-refractivity contribution in [1.29, 1.82) is 0 Å². The number of carbonyl (C=O) groups excluding carboxylic acids is 1. The number of esters is 1. The van der Waals surface area contributed by atoms with E-state index < -0.39 is 4.92 Å². The number of benzene rings is 1. The van der Waals surface area contributed by atoms with Gasteiger partial charge < -0.3 is 0 Å². The number of nitro benzene ring substituents is 1. The molecule has 20 heavy (non-hydrogen) atoms. The zero-order chi connectivity index (χ0) is 14.5. The van der Waals surface area contributed by atoms with E-state index in [4.69, 9.17) is 4.74 Å². The Bertz CT molecular complexity index is 622. The van der Waals surface area contributed by atoms with Crippen molar-refractivity contribution in [1.82, 2.24) is 4.98 Å². The predicted molar refractivity (Wildman–Crippen MR) is 73.6 cm³/mol. The molecule has 0 unspecified atom stereocenters. The molecule has 0 amide bonds. The Kier molecular flexibility index (Phi) is 4.65. The third-order valence-corrected chi connectivity index (χ3v) is 4.31. The van der Waals surface area contributed by atoms with Gasteiger partial charge in [-0.05, 0) is 0 Å². The number of aromatic nitrogens is 1. The summed E-state index contributed by atoms with van der Waals surface area (Å²) in [4.78, 5) is 27.9. The fourth-order valence-corrected chi connectivity index (χ4v) is 3.27. The van der Waals surface area contributed by atoms with Crippen LogP contribution in [0.2, 0.25) is 0 Å². The molecule has 0 atom stereocenters. The molecule has 1 aromatic heterocycles. The molecule has 0 N–H and O–H groups in total. The molecule has 0 saturated carbocycles. The van der Waals surface area contributed by atoms with Crippen molar-refractivity contribution in [2.75, 3.05) is 6.61 Å². The van der Waals surface area contributed by atoms with Gasteiger partial charge in [0.2, 0.25) is 0 Å². The van der Waals surface area contributed by atoms with Crippen LogP contribution in [0, 0.1) is 10.1 Å². The van der Waals surface area contributed by atoms with Crippen LogP contribution in [0.5, 0.6) is 0 Å². The quantitative estimate of drug-likeness (QED) is 0.359. The first-order chi connectivity index (χ1) is 9.60. The number of ether oxygens (including phenoxy) is 1. The molecule has 0 aliphatic rings. The standard InChI is InChI=1S/C13H12N2O4Se/c1-2-19-13(16)7-12-14-11(8-20-12)9-3-5-10(6-4-9)15(17)18/h3-6,8H,2,7H2,1H3. The van der Waals surface area contributed by atoms with Gasteiger partial charge in [-0.1, -0.05) is 0 Å². The van der Waals surface area contributed by atoms with E-state index in [0.29, 0.717) is 6.61 Å². The number of nitrogens with zero attached hydrogens (tertiary/aromatic N) is 2. The van der Waals surface area contributed by atoms with Gasteiger partial charge in [0.15, 0.2) is 0 Å². The first kappa shape index (κ1) is 14.4. The van der Waals surface area contributed by atoms with E-state index >= 15 is 0 Å². The van der Waals surface area contributed by atoms with Gasteiger partial charge in [-0.3, -0.25) is 0 Å². The third kappa shape index (κ3) is 3.52. The number of hydrogen-bond acceptors (Lipinski definition) is 5. The Morgan fingerprint density at radius 2 is 2.10 bits per heavy atom. The van der Waals surface area contributed by atoms with E-state index in [0.717, 1.165) is 15.8 Å². The second kappa shape index (κ2) is 6.45. The summed E-state index contributed by atoms with van der Waals surface area (Å²) in [6, 6.07) is 6.22. The van der Waals surface area contributed by atoms with Gasteiger partial charge in [0.05, 0.1) is 0 Å². The molecule has 104 valence electrons. The van der Waals surface area contributed by atoms with Crippen LogP contribution in [0.4, 0.5) is 5.69 Å². The molecule has 0 radical (unpaired) electrons. The molecule has 6 nitrogen and oxygen atoms in total. The van der Waals surface area contributed by atoms with Crippen molar-refractivity contribution in [2.24, 2.45) is 0 Å². The Morgan fingerprint density at radius 3 is 2.70 bits per heavy atom. The molecule has 0 aliphatic heterocycles. The summed E-state index contributed by atoms with van der Waals surface area (Å²) in [6.07, 6.45) is 0.209. The third-order valence-electron chi connectivity index (χ3n) is 2.53. The van der Waals surface area contributed by atoms with Crippen molar-refractivity contribution in [3.05, 3.63) is 43.9 Å². The molecule has 0 bridgehead atoms. The second-order valence-corrected chi connectivity index (χ2v) is 5.89. The van der Waals surface area contributed by atoms with E-state index in [9.17, 15) is 14.9 Å². The van der Waals surface area contributed by atoms with Crippen LogP contribution in [0.25, 0.3) is 11.3 Å². The molecule has 1 heterocycles. The summed E-state index contributed by atoms with van der Waals surface area (Å²) in [5.74, 6) is -0.272. The van der Waals surface area contributed by atoms with Gasteiger partial charge in [-0.15, -0.1) is 0 Å². The van der Waals surface area contributed by atoms with Crippen LogP contribution in [0.15, 0.2) is 29.2 Å². The molecule has 0 fully saturated rings. The number of hydrogen-bond donors (Lipinski definition) is 0. The zero-order valence-electron chi connectivity index (χ0n) is 10.7. The zero-order valence-corrected chi connectivity index (χ0v) is 12.4. The first-order valence-corrected chi connectivity index (χ1v) is 7.79. The number of non-ortho nitro benzene ring substituents is 1. The van der Waals surface area contributed by atoms with Crippen molar-refractivity contribution in [3.63, 3.8) is 0 Å². The minimum atomic E-state index is -0.438. The summed E-state index contributed by atoms with van der Waals surface area (Å²) in [6.45, 7) is 2.13. The Balaban J connectivity index is 2.12. The molecular formula is C13H12N2O4Se. The molecule has 1 aromatic carbocycles. The molecule has 0 aliphatic carbocycles. The Morgan fingerprint density at radius 1 is 1.40 bits per heavy atom. The first-order valence-electron chi connectivity index (χ1n) is 5.95. The summed E-state index contributed by atoms with van der Waals surface area (Å²) in [5.41, 5.74) is 1.63. The van der Waals surface area contributed by atoms with Crippen molar-refractivity contribution in [3.8, 4) is 11.3 Å². The number of carbonyl (C=O) groups is 1. The van der Waals surface area contributed by atoms with Crippen LogP contribution in [-0.2, 0) is 16.0 Å². The number of rotatable bonds is 5. The monoisotopic (exact) mass is 340 g/mol. The molecule has 2 rings (SSSR count). The average Bonchev–Trinajstić information content (AvgIpc) is 2.87. The topological polar surface area (TPSA) is 82.3 Å². The van der Waals surface area contributed by atoms with Gasteiger partial charge in [-0.25, -0.2) is 0 Å². The molecule has 0 saturated heterocycles. The van der Waals surface area contributed by atoms with Gasteiger partial charge in [0, 0.05) is 0 Å². The van der Waals surface area contributed by atoms with E-state index in [-0.39, 0.29) is 32.6 Å². The fourth-order valence-electron chi connectivity index (χ4n) is 1.61. The second-order valence-electron chi connectivity index (χ2n) is 3.91. The summed E-state index contributed by atoms with van der Waals surface area (Å²) >= 11 is 0.0316. The van der Waals surface area contributed by atoms with Crippen LogP contribution in [0.1, 0.15) is 11.5 Å². The van der Waals surface area contributed by atoms with Crippen molar-refractivity contribution in [2.45, 2.75) is 13.3 Å². The van der Waals surface area contributed by atoms with E-state index in [1.807, 2.05) is 4.94 Å². The normalized spacial score (nSPS) is 10.2. The Hall–Kier alpha value is -1.98. The van der Waals surface area contributed by atoms with Gasteiger partial charge >= 0.3 is 121 Å². The van der Waals surface area contributed by atoms with Crippen molar-refractivity contribution >= 4 is 26.2 Å². The average molecular weight is 339 g/mol. The van der Waals surface area contributed by atoms with E-state index in [2.05, 4.69) is 4.98 Å². The van der Waals surface area contributed by atoms with Crippen LogP contribution in [-0.4, -0.2) is 37.0 Å². The van der Waals surface area contributed by atoms with E-state index in [1.54, 1.807) is 19.1 Å². The molecular weight excluding hydrogens is 327 g/mol. The minimum absolute atomic E-state index is 0.0316. The van der Waals surface area contributed by atoms with Crippen LogP contribution >= 0.6 is 0 Å². The maximum atomic E-state index is 11.4. The van der Waals surface area contributed by atoms with Crippen LogP contribution < -0.4 is 0 Å². The van der Waals surface area contributed by atoms with Crippen molar-refractivity contribution < 1.29 is 14.5 Å². The molecule has 2 aromatic rings. The fraction of sp³-hybridized carbons (Fsp3) is 0.231. The predicted octanol–water partition coefficient (Wildman–Crippen LogP) is 1.82. The summed E-state index contributed by atoms with van der Waals surface area (Å²) in [7, 11) is 0. The SMILES string of the molecule is CCOC(=O)Cc1nc(-c2ccc([N+](=O)[O-])cc2)c[se]1. The number of nitro groups is 1. The summed E-state index contributed by atoms with van der Waals surface area (Å²) < 4.78 is 5.69.